The van der Waals surface area contributed by atoms with Crippen LogP contribution >= 0.6 is 35.3 Å². The molecule has 154 valence electrons. The maximum atomic E-state index is 12.1. The van der Waals surface area contributed by atoms with Crippen LogP contribution < -0.4 is 16.0 Å². The van der Waals surface area contributed by atoms with E-state index in [4.69, 9.17) is 0 Å². The summed E-state index contributed by atoms with van der Waals surface area (Å²) in [5, 5.41) is 9.45. The van der Waals surface area contributed by atoms with Crippen molar-refractivity contribution in [1.82, 2.24) is 15.6 Å². The Morgan fingerprint density at radius 1 is 1.25 bits per heavy atom. The van der Waals surface area contributed by atoms with E-state index in [-0.39, 0.29) is 35.9 Å². The first-order valence-corrected chi connectivity index (χ1v) is 10.1. The zero-order chi connectivity index (χ0) is 19.6. The number of anilines is 1. The van der Waals surface area contributed by atoms with Gasteiger partial charge in [-0.15, -0.1) is 35.3 Å². The summed E-state index contributed by atoms with van der Waals surface area (Å²) in [6.07, 6.45) is 1.26. The largest absolute Gasteiger partial charge is 0.357 e. The summed E-state index contributed by atoms with van der Waals surface area (Å²) >= 11 is 1.82. The van der Waals surface area contributed by atoms with Crippen molar-refractivity contribution in [3.8, 4) is 0 Å². The van der Waals surface area contributed by atoms with E-state index >= 15 is 0 Å². The van der Waals surface area contributed by atoms with Crippen LogP contribution in [-0.4, -0.2) is 36.0 Å². The molecular formula is C20H30IN5OS. The molecule has 0 bridgehead atoms. The van der Waals surface area contributed by atoms with Crippen molar-refractivity contribution in [2.75, 3.05) is 18.4 Å². The maximum Gasteiger partial charge on any atom is 0.227 e. The van der Waals surface area contributed by atoms with E-state index in [0.29, 0.717) is 18.8 Å². The number of hydrogen-bond acceptors (Lipinski definition) is 4. The Bertz CT molecular complexity index is 777. The lowest BCUT2D eigenvalue weighted by atomic mass is 10.2. The van der Waals surface area contributed by atoms with Crippen LogP contribution in [0.1, 0.15) is 35.7 Å². The topological polar surface area (TPSA) is 78.4 Å². The number of rotatable bonds is 8. The van der Waals surface area contributed by atoms with E-state index in [2.05, 4.69) is 51.9 Å². The van der Waals surface area contributed by atoms with Gasteiger partial charge in [0.2, 0.25) is 5.91 Å². The number of hydrogen-bond donors (Lipinski definition) is 3. The monoisotopic (exact) mass is 515 g/mol. The van der Waals surface area contributed by atoms with Gasteiger partial charge >= 0.3 is 0 Å². The summed E-state index contributed by atoms with van der Waals surface area (Å²) in [6.45, 7) is 9.37. The zero-order valence-corrected chi connectivity index (χ0v) is 20.1. The van der Waals surface area contributed by atoms with Gasteiger partial charge in [0.05, 0.1) is 6.54 Å². The molecule has 0 aliphatic heterocycles. The van der Waals surface area contributed by atoms with Gasteiger partial charge in [0.1, 0.15) is 5.82 Å². The molecule has 28 heavy (non-hydrogen) atoms. The molecule has 1 amide bonds. The lowest BCUT2D eigenvalue weighted by molar-refractivity contribution is -0.116. The summed E-state index contributed by atoms with van der Waals surface area (Å²) in [6, 6.07) is 10.1. The van der Waals surface area contributed by atoms with Gasteiger partial charge in [-0.3, -0.25) is 9.79 Å². The fourth-order valence-electron chi connectivity index (χ4n) is 2.59. The Morgan fingerprint density at radius 3 is 2.68 bits per heavy atom. The Labute approximate surface area is 188 Å². The van der Waals surface area contributed by atoms with Crippen LogP contribution in [-0.2, 0) is 11.2 Å². The summed E-state index contributed by atoms with van der Waals surface area (Å²) in [5.41, 5.74) is 0.874. The number of carbonyl (C=O) groups is 1. The van der Waals surface area contributed by atoms with Crippen LogP contribution in [0, 0.1) is 13.8 Å². The number of nitrogens with one attached hydrogen (secondary N) is 3. The average Bonchev–Trinajstić information content (AvgIpc) is 2.99. The third kappa shape index (κ3) is 9.01. The van der Waals surface area contributed by atoms with Crippen molar-refractivity contribution in [3.63, 3.8) is 0 Å². The van der Waals surface area contributed by atoms with E-state index in [1.165, 1.54) is 9.75 Å². The van der Waals surface area contributed by atoms with Crippen molar-refractivity contribution in [2.24, 2.45) is 4.99 Å². The molecule has 8 heteroatoms. The van der Waals surface area contributed by atoms with Gasteiger partial charge in [0.15, 0.2) is 5.96 Å². The molecule has 0 aliphatic rings. The molecule has 6 nitrogen and oxygen atoms in total. The van der Waals surface area contributed by atoms with Gasteiger partial charge in [0.25, 0.3) is 0 Å². The molecule has 0 aromatic carbocycles. The normalized spacial score (nSPS) is 12.1. The van der Waals surface area contributed by atoms with E-state index in [1.807, 2.05) is 37.3 Å². The zero-order valence-electron chi connectivity index (χ0n) is 16.9. The molecule has 0 spiro atoms. The van der Waals surface area contributed by atoms with Gasteiger partial charge < -0.3 is 16.0 Å². The van der Waals surface area contributed by atoms with Gasteiger partial charge in [0, 0.05) is 40.9 Å². The third-order valence-corrected chi connectivity index (χ3v) is 4.82. The van der Waals surface area contributed by atoms with E-state index in [9.17, 15) is 4.79 Å². The first-order valence-electron chi connectivity index (χ1n) is 9.30. The standard InChI is InChI=1S/C20H29N5OS.HI/c1-5-21-20(24-15(3)13-17-10-9-16(4)27-17)22-12-11-19(26)25-18-8-6-7-14(2)23-18;/h6-10,15H,5,11-13H2,1-4H3,(H2,21,22,24)(H,23,25,26);1H. The van der Waals surface area contributed by atoms with E-state index < -0.39 is 0 Å². The quantitative estimate of drug-likeness (QED) is 0.283. The fourth-order valence-corrected chi connectivity index (χ4v) is 3.61. The number of aromatic nitrogens is 1. The lowest BCUT2D eigenvalue weighted by Crippen LogP contribution is -2.43. The number of amides is 1. The number of guanidine groups is 1. The smallest absolute Gasteiger partial charge is 0.227 e. The predicted octanol–water partition coefficient (Wildman–Crippen LogP) is 3.89. The average molecular weight is 515 g/mol. The molecule has 0 saturated carbocycles. The number of aryl methyl sites for hydroxylation is 2. The van der Waals surface area contributed by atoms with Gasteiger partial charge in [-0.25, -0.2) is 4.98 Å². The number of halogens is 1. The number of aliphatic imine (C=N–C) groups is 1. The van der Waals surface area contributed by atoms with Crippen molar-refractivity contribution in [3.05, 3.63) is 45.8 Å². The number of nitrogens with zero attached hydrogens (tertiary/aromatic N) is 2. The molecule has 2 rings (SSSR count). The molecule has 0 fully saturated rings. The first kappa shape index (κ1) is 24.4. The second-order valence-corrected chi connectivity index (χ2v) is 7.86. The number of carbonyl (C=O) groups excluding carboxylic acids is 1. The highest BCUT2D eigenvalue weighted by molar-refractivity contribution is 14.0. The van der Waals surface area contributed by atoms with Crippen LogP contribution in [0.3, 0.4) is 0 Å². The second-order valence-electron chi connectivity index (χ2n) is 6.48. The molecule has 2 aromatic heterocycles. The highest BCUT2D eigenvalue weighted by Gasteiger charge is 2.08. The molecule has 1 atom stereocenters. The van der Waals surface area contributed by atoms with Crippen molar-refractivity contribution in [1.29, 1.82) is 0 Å². The van der Waals surface area contributed by atoms with E-state index in [1.54, 1.807) is 6.07 Å². The van der Waals surface area contributed by atoms with Crippen LogP contribution in [0.2, 0.25) is 0 Å². The summed E-state index contributed by atoms with van der Waals surface area (Å²) in [7, 11) is 0. The second kappa shape index (κ2) is 12.7. The van der Waals surface area contributed by atoms with Crippen LogP contribution in [0.15, 0.2) is 35.3 Å². The molecule has 2 aromatic rings. The Hall–Kier alpha value is -1.68. The highest BCUT2D eigenvalue weighted by atomic mass is 127. The van der Waals surface area contributed by atoms with Crippen molar-refractivity contribution in [2.45, 2.75) is 46.6 Å². The Kier molecular flexibility index (Phi) is 11.1. The molecule has 2 heterocycles. The van der Waals surface area contributed by atoms with E-state index in [0.717, 1.165) is 24.6 Å². The van der Waals surface area contributed by atoms with Gasteiger partial charge in [-0.05, 0) is 52.0 Å². The van der Waals surface area contributed by atoms with Gasteiger partial charge in [-0.1, -0.05) is 6.07 Å². The van der Waals surface area contributed by atoms with Crippen LogP contribution in [0.5, 0.6) is 0 Å². The minimum absolute atomic E-state index is 0. The highest BCUT2D eigenvalue weighted by Crippen LogP contribution is 2.16. The maximum absolute atomic E-state index is 12.1. The first-order chi connectivity index (χ1) is 13.0. The Balaban J connectivity index is 0.00000392. The third-order valence-electron chi connectivity index (χ3n) is 3.80. The van der Waals surface area contributed by atoms with Crippen molar-refractivity contribution < 1.29 is 4.79 Å². The summed E-state index contributed by atoms with van der Waals surface area (Å²) in [4.78, 5) is 23.5. The summed E-state index contributed by atoms with van der Waals surface area (Å²) < 4.78 is 0. The van der Waals surface area contributed by atoms with Crippen molar-refractivity contribution >= 4 is 53.0 Å². The van der Waals surface area contributed by atoms with Crippen LogP contribution in [0.4, 0.5) is 5.82 Å². The molecule has 0 radical (unpaired) electrons. The fraction of sp³-hybridized carbons (Fsp3) is 0.450. The minimum Gasteiger partial charge on any atom is -0.357 e. The lowest BCUT2D eigenvalue weighted by Gasteiger charge is -2.17. The summed E-state index contributed by atoms with van der Waals surface area (Å²) in [5.74, 6) is 1.23. The molecule has 0 saturated heterocycles. The van der Waals surface area contributed by atoms with Crippen LogP contribution in [0.25, 0.3) is 0 Å². The molecule has 3 N–H and O–H groups in total. The predicted molar refractivity (Wildman–Crippen MR) is 129 cm³/mol. The molecule has 0 aliphatic carbocycles. The molecule has 1 unspecified atom stereocenters. The Morgan fingerprint density at radius 2 is 2.04 bits per heavy atom. The SMILES string of the molecule is CCNC(=NCCC(=O)Nc1cccc(C)n1)NC(C)Cc1ccc(C)s1.I. The molecular weight excluding hydrogens is 485 g/mol. The minimum atomic E-state index is -0.0881. The number of thiophene rings is 1. The van der Waals surface area contributed by atoms with Gasteiger partial charge in [-0.2, -0.15) is 0 Å². The number of pyridine rings is 1.